The molecule has 0 aliphatic rings. The maximum atomic E-state index is 10.8. The molecule has 0 amide bonds. The number of fused-ring (bicyclic) bond motifs is 1. The Morgan fingerprint density at radius 1 is 1.13 bits per heavy atom. The van der Waals surface area contributed by atoms with Gasteiger partial charge in [-0.3, -0.25) is 10.1 Å². The van der Waals surface area contributed by atoms with Crippen molar-refractivity contribution in [1.82, 2.24) is 9.97 Å². The summed E-state index contributed by atoms with van der Waals surface area (Å²) in [6, 6.07) is 18.1. The molecule has 0 radical (unpaired) electrons. The molecule has 0 fully saturated rings. The molecule has 0 bridgehead atoms. The van der Waals surface area contributed by atoms with Crippen LogP contribution in [0.5, 0.6) is 5.75 Å². The Bertz CT molecular complexity index is 1220. The zero-order valence-electron chi connectivity index (χ0n) is 15.9. The number of nitrogens with zero attached hydrogens (tertiary/aromatic N) is 3. The number of halogens is 2. The van der Waals surface area contributed by atoms with Gasteiger partial charge in [0.05, 0.1) is 29.3 Å². The highest BCUT2D eigenvalue weighted by atomic mass is 127. The Hall–Kier alpha value is -2.74. The lowest BCUT2D eigenvalue weighted by Gasteiger charge is -2.11. The Balaban J connectivity index is 1.41. The number of nitro benzene ring substituents is 1. The van der Waals surface area contributed by atoms with Gasteiger partial charge in [0, 0.05) is 12.1 Å². The summed E-state index contributed by atoms with van der Waals surface area (Å²) in [6.07, 6.45) is 1.72. The highest BCUT2D eigenvalue weighted by Crippen LogP contribution is 2.29. The van der Waals surface area contributed by atoms with Crippen LogP contribution >= 0.6 is 45.2 Å². The molecule has 31 heavy (non-hydrogen) atoms. The number of non-ortho nitro benzene ring substituents is 1. The van der Waals surface area contributed by atoms with Crippen molar-refractivity contribution in [2.45, 2.75) is 6.61 Å². The Morgan fingerprint density at radius 3 is 2.52 bits per heavy atom. The van der Waals surface area contributed by atoms with Crippen LogP contribution in [0, 0.1) is 17.3 Å². The predicted octanol–water partition coefficient (Wildman–Crippen LogP) is 5.71. The molecular formula is C21H15I2N5O3. The highest BCUT2D eigenvalue weighted by Gasteiger charge is 2.10. The minimum Gasteiger partial charge on any atom is -0.487 e. The first-order valence-electron chi connectivity index (χ1n) is 9.08. The second kappa shape index (κ2) is 9.60. The maximum absolute atomic E-state index is 10.8. The number of rotatable bonds is 7. The van der Waals surface area contributed by atoms with Gasteiger partial charge in [-0.2, -0.15) is 5.10 Å². The zero-order chi connectivity index (χ0) is 21.8. The van der Waals surface area contributed by atoms with Crippen molar-refractivity contribution >= 4 is 74.1 Å². The van der Waals surface area contributed by atoms with Crippen molar-refractivity contribution in [3.63, 3.8) is 0 Å². The van der Waals surface area contributed by atoms with E-state index in [0.29, 0.717) is 12.6 Å². The van der Waals surface area contributed by atoms with Gasteiger partial charge in [-0.15, -0.1) is 0 Å². The van der Waals surface area contributed by atoms with Crippen molar-refractivity contribution in [2.75, 3.05) is 5.43 Å². The molecule has 0 saturated carbocycles. The van der Waals surface area contributed by atoms with E-state index in [4.69, 9.17) is 4.74 Å². The molecule has 3 aromatic carbocycles. The molecule has 10 heteroatoms. The quantitative estimate of drug-likeness (QED) is 0.117. The molecule has 4 aromatic rings. The number of hydrogen-bond acceptors (Lipinski definition) is 6. The van der Waals surface area contributed by atoms with E-state index in [9.17, 15) is 10.1 Å². The SMILES string of the molecule is O=[N+]([O-])c1ccc(COc2c(I)cc(/C=N\Nc3nc4ccccc4[nH]3)cc2I)cc1. The number of nitrogens with one attached hydrogen (secondary N) is 2. The smallest absolute Gasteiger partial charge is 0.269 e. The first-order valence-corrected chi connectivity index (χ1v) is 11.2. The van der Waals surface area contributed by atoms with Crippen LogP contribution in [0.3, 0.4) is 0 Å². The van der Waals surface area contributed by atoms with Crippen LogP contribution in [-0.2, 0) is 6.61 Å². The van der Waals surface area contributed by atoms with Crippen LogP contribution in [0.15, 0.2) is 65.8 Å². The fourth-order valence-electron chi connectivity index (χ4n) is 2.84. The number of para-hydroxylation sites is 2. The van der Waals surface area contributed by atoms with Crippen molar-refractivity contribution in [1.29, 1.82) is 0 Å². The average molecular weight is 639 g/mol. The number of nitro groups is 1. The Morgan fingerprint density at radius 2 is 1.84 bits per heavy atom. The third-order valence-corrected chi connectivity index (χ3v) is 5.93. The van der Waals surface area contributed by atoms with E-state index in [1.807, 2.05) is 36.4 Å². The normalized spacial score (nSPS) is 11.2. The summed E-state index contributed by atoms with van der Waals surface area (Å²) < 4.78 is 7.84. The number of hydrazone groups is 1. The highest BCUT2D eigenvalue weighted by molar-refractivity contribution is 14.1. The van der Waals surface area contributed by atoms with Crippen molar-refractivity contribution in [3.8, 4) is 5.75 Å². The van der Waals surface area contributed by atoms with Crippen molar-refractivity contribution in [2.24, 2.45) is 5.10 Å². The van der Waals surface area contributed by atoms with Crippen LogP contribution in [0.2, 0.25) is 0 Å². The van der Waals surface area contributed by atoms with Gasteiger partial charge in [0.25, 0.3) is 5.69 Å². The molecule has 4 rings (SSSR count). The topological polar surface area (TPSA) is 105 Å². The standard InChI is InChI=1S/C21H15I2N5O3/c22-16-9-14(11-24-27-21-25-18-3-1-2-4-19(18)26-21)10-17(23)20(16)31-12-13-5-7-15(8-6-13)28(29)30/h1-11H,12H2,(H2,25,26,27)/b24-11-. The Labute approximate surface area is 204 Å². The molecule has 2 N–H and O–H groups in total. The molecule has 1 heterocycles. The number of benzene rings is 3. The van der Waals surface area contributed by atoms with E-state index >= 15 is 0 Å². The average Bonchev–Trinajstić information content (AvgIpc) is 3.16. The van der Waals surface area contributed by atoms with Gasteiger partial charge < -0.3 is 9.72 Å². The lowest BCUT2D eigenvalue weighted by atomic mass is 10.2. The van der Waals surface area contributed by atoms with E-state index in [-0.39, 0.29) is 5.69 Å². The number of hydrogen-bond donors (Lipinski definition) is 2. The first kappa shape index (κ1) is 21.5. The van der Waals surface area contributed by atoms with E-state index in [2.05, 4.69) is 65.7 Å². The second-order valence-corrected chi connectivity index (χ2v) is 8.82. The zero-order valence-corrected chi connectivity index (χ0v) is 20.2. The van der Waals surface area contributed by atoms with E-state index in [1.165, 1.54) is 12.1 Å². The van der Waals surface area contributed by atoms with E-state index < -0.39 is 4.92 Å². The maximum Gasteiger partial charge on any atom is 0.269 e. The largest absolute Gasteiger partial charge is 0.487 e. The summed E-state index contributed by atoms with van der Waals surface area (Å²) in [7, 11) is 0. The minimum atomic E-state index is -0.417. The third kappa shape index (κ3) is 5.31. The van der Waals surface area contributed by atoms with Crippen molar-refractivity contribution < 1.29 is 9.66 Å². The van der Waals surface area contributed by atoms with Crippen LogP contribution in [0.25, 0.3) is 11.0 Å². The summed E-state index contributed by atoms with van der Waals surface area (Å²) in [5.74, 6) is 1.34. The summed E-state index contributed by atoms with van der Waals surface area (Å²) in [5.41, 5.74) is 6.57. The van der Waals surface area contributed by atoms with E-state index in [1.54, 1.807) is 18.3 Å². The molecular weight excluding hydrogens is 624 g/mol. The molecule has 8 nitrogen and oxygen atoms in total. The fraction of sp³-hybridized carbons (Fsp3) is 0.0476. The number of aromatic amines is 1. The molecule has 156 valence electrons. The molecule has 0 aliphatic carbocycles. The molecule has 0 saturated heterocycles. The summed E-state index contributed by atoms with van der Waals surface area (Å²) in [6.45, 7) is 0.324. The fourth-order valence-corrected chi connectivity index (χ4v) is 4.96. The molecule has 0 atom stereocenters. The number of aromatic nitrogens is 2. The van der Waals surface area contributed by atoms with Gasteiger partial charge >= 0.3 is 0 Å². The molecule has 0 aliphatic heterocycles. The second-order valence-electron chi connectivity index (χ2n) is 6.50. The lowest BCUT2D eigenvalue weighted by molar-refractivity contribution is -0.384. The minimum absolute atomic E-state index is 0.0628. The summed E-state index contributed by atoms with van der Waals surface area (Å²) in [5, 5.41) is 15.0. The van der Waals surface area contributed by atoms with E-state index in [0.717, 1.165) is 35.1 Å². The first-order chi connectivity index (χ1) is 15.0. The number of imidazole rings is 1. The van der Waals surface area contributed by atoms with Gasteiger partial charge in [-0.05, 0) is 92.7 Å². The van der Waals surface area contributed by atoms with Crippen LogP contribution in [0.4, 0.5) is 11.6 Å². The Kier molecular flexibility index (Phi) is 6.65. The lowest BCUT2D eigenvalue weighted by Crippen LogP contribution is -2.01. The van der Waals surface area contributed by atoms with Gasteiger partial charge in [-0.25, -0.2) is 10.4 Å². The third-order valence-electron chi connectivity index (χ3n) is 4.32. The predicted molar refractivity (Wildman–Crippen MR) is 137 cm³/mol. The summed E-state index contributed by atoms with van der Waals surface area (Å²) >= 11 is 4.44. The monoisotopic (exact) mass is 639 g/mol. The molecule has 1 aromatic heterocycles. The van der Waals surface area contributed by atoms with Gasteiger partial charge in [-0.1, -0.05) is 12.1 Å². The van der Waals surface area contributed by atoms with Gasteiger partial charge in [0.15, 0.2) is 0 Å². The van der Waals surface area contributed by atoms with Gasteiger partial charge in [0.1, 0.15) is 12.4 Å². The number of ether oxygens (including phenoxy) is 1. The van der Waals surface area contributed by atoms with Crippen LogP contribution in [-0.4, -0.2) is 21.1 Å². The molecule has 0 spiro atoms. The number of anilines is 1. The summed E-state index contributed by atoms with van der Waals surface area (Å²) in [4.78, 5) is 17.9. The van der Waals surface area contributed by atoms with Crippen LogP contribution < -0.4 is 10.2 Å². The van der Waals surface area contributed by atoms with Crippen molar-refractivity contribution in [3.05, 3.63) is 89.0 Å². The molecule has 0 unspecified atom stereocenters. The van der Waals surface area contributed by atoms with Crippen LogP contribution in [0.1, 0.15) is 11.1 Å². The number of H-pyrrole nitrogens is 1. The van der Waals surface area contributed by atoms with Gasteiger partial charge in [0.2, 0.25) is 5.95 Å².